The summed E-state index contributed by atoms with van der Waals surface area (Å²) in [6.07, 6.45) is 2.37. The van der Waals surface area contributed by atoms with E-state index in [4.69, 9.17) is 0 Å². The summed E-state index contributed by atoms with van der Waals surface area (Å²) in [7, 11) is 2.47. The molecule has 2 aliphatic heterocycles. The van der Waals surface area contributed by atoms with Crippen LogP contribution >= 0.6 is 0 Å². The monoisotopic (exact) mass is 773 g/mol. The van der Waals surface area contributed by atoms with Crippen molar-refractivity contribution >= 4 is 57.4 Å². The van der Waals surface area contributed by atoms with E-state index in [-0.39, 0.29) is 16.2 Å². The van der Waals surface area contributed by atoms with Crippen LogP contribution in [0.2, 0.25) is 0 Å². The van der Waals surface area contributed by atoms with Crippen LogP contribution in [0.15, 0.2) is 164 Å². The van der Waals surface area contributed by atoms with Crippen LogP contribution in [0.3, 0.4) is 0 Å². The number of anilines is 5. The summed E-state index contributed by atoms with van der Waals surface area (Å²) in [6, 6.07) is 60.8. The molecule has 0 atom stereocenters. The highest BCUT2D eigenvalue weighted by atomic mass is 15.2. The van der Waals surface area contributed by atoms with Crippen molar-refractivity contribution in [2.75, 3.05) is 10.2 Å². The Balaban J connectivity index is 1.15. The van der Waals surface area contributed by atoms with Crippen LogP contribution in [0.4, 0.5) is 28.4 Å². The van der Waals surface area contributed by atoms with Gasteiger partial charge in [-0.05, 0) is 115 Å². The van der Waals surface area contributed by atoms with Crippen LogP contribution in [0.1, 0.15) is 76.6 Å². The van der Waals surface area contributed by atoms with Gasteiger partial charge in [0.25, 0.3) is 0 Å². The van der Waals surface area contributed by atoms with Gasteiger partial charge in [0.05, 0.1) is 5.69 Å². The van der Waals surface area contributed by atoms with E-state index in [0.717, 1.165) is 11.4 Å². The zero-order chi connectivity index (χ0) is 41.0. The molecule has 1 aliphatic carbocycles. The molecule has 0 amide bonds. The standard InChI is InChI=1S/C57H50BN2/c1-55(2)30-31-56(3,4)47-35-51-48(34-46(47)55)57(5,6)45-22-15-23-49-54(45)60(51)53-42-21-14-13-20-40(42)32-44(52(53)58-49)43-29-26-39(37-18-11-8-12-19-37)33-50(43)59-41-27-24-38(25-28-41)36-16-9-7-10-17-36/h7-29,32-35,59H,30-31H2,1-6H3. The van der Waals surface area contributed by atoms with Gasteiger partial charge in [-0.3, -0.25) is 0 Å². The van der Waals surface area contributed by atoms with E-state index >= 15 is 0 Å². The van der Waals surface area contributed by atoms with Gasteiger partial charge in [0.1, 0.15) is 0 Å². The highest BCUT2D eigenvalue weighted by Gasteiger charge is 2.45. The molecule has 2 heterocycles. The van der Waals surface area contributed by atoms with E-state index in [2.05, 4.69) is 223 Å². The summed E-state index contributed by atoms with van der Waals surface area (Å²) < 4.78 is 0. The third kappa shape index (κ3) is 5.70. The minimum atomic E-state index is -0.178. The van der Waals surface area contributed by atoms with Gasteiger partial charge in [0.2, 0.25) is 0 Å². The second kappa shape index (κ2) is 13.3. The lowest BCUT2D eigenvalue weighted by Crippen LogP contribution is -2.46. The van der Waals surface area contributed by atoms with Crippen LogP contribution in [0.25, 0.3) is 44.2 Å². The van der Waals surface area contributed by atoms with Crippen LogP contribution in [0.5, 0.6) is 0 Å². The van der Waals surface area contributed by atoms with Gasteiger partial charge in [0.15, 0.2) is 7.28 Å². The molecule has 0 saturated carbocycles. The zero-order valence-corrected chi connectivity index (χ0v) is 35.5. The lowest BCUT2D eigenvalue weighted by molar-refractivity contribution is 0.331. The predicted molar refractivity (Wildman–Crippen MR) is 257 cm³/mol. The Hall–Kier alpha value is -6.32. The van der Waals surface area contributed by atoms with Crippen molar-refractivity contribution in [3.05, 3.63) is 186 Å². The second-order valence-corrected chi connectivity index (χ2v) is 19.1. The zero-order valence-electron chi connectivity index (χ0n) is 35.5. The molecule has 11 rings (SSSR count). The summed E-state index contributed by atoms with van der Waals surface area (Å²) in [5, 5.41) is 6.43. The van der Waals surface area contributed by atoms with E-state index in [1.54, 1.807) is 0 Å². The average molecular weight is 774 g/mol. The maximum Gasteiger partial charge on any atom is 0.197 e. The summed E-state index contributed by atoms with van der Waals surface area (Å²) in [5.41, 5.74) is 21.5. The van der Waals surface area contributed by atoms with Crippen LogP contribution in [0, 0.1) is 0 Å². The fourth-order valence-corrected chi connectivity index (χ4v) is 10.6. The number of nitrogens with one attached hydrogen (secondary N) is 1. The summed E-state index contributed by atoms with van der Waals surface area (Å²) in [5.74, 6) is 0. The van der Waals surface area contributed by atoms with Crippen molar-refractivity contribution in [1.29, 1.82) is 0 Å². The molecule has 0 bridgehead atoms. The summed E-state index contributed by atoms with van der Waals surface area (Å²) in [4.78, 5) is 2.66. The van der Waals surface area contributed by atoms with Crippen molar-refractivity contribution < 1.29 is 0 Å². The van der Waals surface area contributed by atoms with E-state index in [1.807, 2.05) is 0 Å². The molecule has 3 heteroatoms. The third-order valence-electron chi connectivity index (χ3n) is 14.1. The first-order chi connectivity index (χ1) is 29.0. The minimum absolute atomic E-state index is 0.0822. The number of fused-ring (bicyclic) bond motifs is 7. The summed E-state index contributed by atoms with van der Waals surface area (Å²) in [6.45, 7) is 14.7. The van der Waals surface area contributed by atoms with E-state index in [0.29, 0.717) is 0 Å². The van der Waals surface area contributed by atoms with E-state index in [9.17, 15) is 0 Å². The van der Waals surface area contributed by atoms with Crippen molar-refractivity contribution in [1.82, 2.24) is 0 Å². The molecule has 0 saturated heterocycles. The molecular formula is C57H50BN2. The molecule has 8 aromatic carbocycles. The molecule has 2 nitrogen and oxygen atoms in total. The van der Waals surface area contributed by atoms with Crippen molar-refractivity contribution in [3.8, 4) is 33.4 Å². The maximum atomic E-state index is 3.93. The average Bonchev–Trinajstić information content (AvgIpc) is 3.27. The Morgan fingerprint density at radius 3 is 1.82 bits per heavy atom. The number of hydrogen-bond acceptors (Lipinski definition) is 2. The Morgan fingerprint density at radius 2 is 1.10 bits per heavy atom. The van der Waals surface area contributed by atoms with Crippen molar-refractivity contribution in [2.24, 2.45) is 0 Å². The molecular weight excluding hydrogens is 723 g/mol. The lowest BCUT2D eigenvalue weighted by Gasteiger charge is -2.49. The van der Waals surface area contributed by atoms with Gasteiger partial charge in [-0.1, -0.05) is 180 Å². The topological polar surface area (TPSA) is 15.3 Å². The van der Waals surface area contributed by atoms with Gasteiger partial charge >= 0.3 is 0 Å². The molecule has 0 aromatic heterocycles. The first-order valence-corrected chi connectivity index (χ1v) is 21.6. The SMILES string of the molecule is CC1(C)CCC(C)(C)c2cc3c(cc21)N1c2c(cccc2C3(C)C)[B]c2c(-c3ccc(-c4ccccc4)cc3Nc3ccc(-c4ccccc4)cc3)cc3ccccc3c21. The third-order valence-corrected chi connectivity index (χ3v) is 14.1. The first-order valence-electron chi connectivity index (χ1n) is 21.6. The highest BCUT2D eigenvalue weighted by Crippen LogP contribution is 2.57. The normalized spacial score (nSPS) is 16.2. The molecule has 8 aromatic rings. The van der Waals surface area contributed by atoms with Crippen LogP contribution in [-0.4, -0.2) is 7.28 Å². The largest absolute Gasteiger partial charge is 0.355 e. The van der Waals surface area contributed by atoms with Crippen molar-refractivity contribution in [3.63, 3.8) is 0 Å². The predicted octanol–water partition coefficient (Wildman–Crippen LogP) is 14.0. The lowest BCUT2D eigenvalue weighted by atomic mass is 9.55. The number of benzene rings is 8. The number of hydrogen-bond donors (Lipinski definition) is 1. The smallest absolute Gasteiger partial charge is 0.197 e. The quantitative estimate of drug-likeness (QED) is 0.175. The molecule has 0 fully saturated rings. The molecule has 291 valence electrons. The molecule has 0 unspecified atom stereocenters. The molecule has 3 aliphatic rings. The Kier molecular flexibility index (Phi) is 8.17. The van der Waals surface area contributed by atoms with Crippen LogP contribution < -0.4 is 21.1 Å². The van der Waals surface area contributed by atoms with E-state index < -0.39 is 0 Å². The number of rotatable bonds is 5. The Labute approximate surface area is 356 Å². The van der Waals surface area contributed by atoms with Gasteiger partial charge in [-0.2, -0.15) is 0 Å². The molecule has 1 N–H and O–H groups in total. The maximum absolute atomic E-state index is 3.93. The van der Waals surface area contributed by atoms with Gasteiger partial charge in [0, 0.05) is 39.1 Å². The second-order valence-electron chi connectivity index (χ2n) is 19.1. The Morgan fingerprint density at radius 1 is 0.483 bits per heavy atom. The van der Waals surface area contributed by atoms with Gasteiger partial charge in [-0.15, -0.1) is 0 Å². The van der Waals surface area contributed by atoms with Crippen LogP contribution in [-0.2, 0) is 16.2 Å². The minimum Gasteiger partial charge on any atom is -0.355 e. The van der Waals surface area contributed by atoms with Gasteiger partial charge in [-0.25, -0.2) is 0 Å². The summed E-state index contributed by atoms with van der Waals surface area (Å²) >= 11 is 0. The highest BCUT2D eigenvalue weighted by molar-refractivity contribution is 6.74. The molecule has 1 radical (unpaired) electrons. The van der Waals surface area contributed by atoms with Gasteiger partial charge < -0.3 is 10.2 Å². The first kappa shape index (κ1) is 36.7. The Bertz CT molecular complexity index is 2990. The number of para-hydroxylation sites is 1. The van der Waals surface area contributed by atoms with E-state index in [1.165, 1.54) is 107 Å². The molecule has 0 spiro atoms. The fourth-order valence-electron chi connectivity index (χ4n) is 10.6. The van der Waals surface area contributed by atoms with Crippen molar-refractivity contribution in [2.45, 2.75) is 70.6 Å². The molecule has 60 heavy (non-hydrogen) atoms. The fraction of sp³-hybridized carbons (Fsp3) is 0.193. The number of nitrogens with zero attached hydrogens (tertiary/aromatic N) is 1.